The highest BCUT2D eigenvalue weighted by Gasteiger charge is 2.79. The zero-order valence-corrected chi connectivity index (χ0v) is 47.3. The van der Waals surface area contributed by atoms with E-state index in [1.54, 1.807) is 0 Å². The molecule has 25 heteroatoms. The van der Waals surface area contributed by atoms with Gasteiger partial charge in [-0.05, 0) is 101 Å². The van der Waals surface area contributed by atoms with Crippen LogP contribution in [0.15, 0.2) is 23.8 Å². The Bertz CT molecular complexity index is 2390. The number of methoxy groups -OCH3 is 1. The molecule has 5 saturated heterocycles. The van der Waals surface area contributed by atoms with E-state index in [2.05, 4.69) is 40.3 Å². The lowest BCUT2D eigenvalue weighted by atomic mass is 9.41. The number of aliphatic hydroxyl groups is 7. The number of cyclic esters (lactones) is 1. The SMILES string of the molecule is C=C(C)CCC[C@]1(C)OC(=O)[C@]23CC[C@@H]4C(=CC[C@H]5C(C)(C)[C@@H](O[C@@H]6OC[C@@H](OS(=O)(=O)O)[C@H](O)[C@H]6O[C@@H]6O[C@H](C)[C@@H](O[C@@H]7OC[C@@H](O[C@@H]8OC[C@@H](O)[C@H](OC)[C@H]8O)[C@H](O)[C@H]7O)[C@H](O)[C@H]6O)CC[C@]45C)[C@]2(C)C[C@H](OC(C)=O)[C@@H]31. The molecule has 8 N–H and O–H groups in total. The van der Waals surface area contributed by atoms with Gasteiger partial charge >= 0.3 is 22.3 Å². The first kappa shape index (κ1) is 61.2. The normalized spacial score (nSPS) is 49.6. The summed E-state index contributed by atoms with van der Waals surface area (Å²) >= 11 is 0. The second-order valence-electron chi connectivity index (χ2n) is 25.1. The minimum absolute atomic E-state index is 0.00174. The molecule has 0 radical (unpaired) electrons. The first-order valence-corrected chi connectivity index (χ1v) is 29.1. The Morgan fingerprint density at radius 1 is 0.759 bits per heavy atom. The molecule has 24 nitrogen and oxygen atoms in total. The number of hydrogen-bond donors (Lipinski definition) is 8. The van der Waals surface area contributed by atoms with E-state index in [-0.39, 0.29) is 35.7 Å². The van der Waals surface area contributed by atoms with Gasteiger partial charge in [0.15, 0.2) is 25.2 Å². The summed E-state index contributed by atoms with van der Waals surface area (Å²) in [6.45, 7) is 18.3. The predicted molar refractivity (Wildman–Crippen MR) is 270 cm³/mol. The summed E-state index contributed by atoms with van der Waals surface area (Å²) < 4.78 is 104. The van der Waals surface area contributed by atoms with Crippen LogP contribution in [0.5, 0.6) is 0 Å². The highest BCUT2D eigenvalue weighted by Crippen LogP contribution is 2.77. The van der Waals surface area contributed by atoms with Crippen LogP contribution in [0.3, 0.4) is 0 Å². The molecule has 0 amide bonds. The van der Waals surface area contributed by atoms with Gasteiger partial charge in [0.2, 0.25) is 0 Å². The third-order valence-corrected chi connectivity index (χ3v) is 20.4. The van der Waals surface area contributed by atoms with E-state index in [0.717, 1.165) is 18.4 Å². The molecule has 0 bridgehead atoms. The van der Waals surface area contributed by atoms with Gasteiger partial charge in [-0.2, -0.15) is 8.42 Å². The van der Waals surface area contributed by atoms with E-state index >= 15 is 0 Å². The largest absolute Gasteiger partial charge is 0.462 e. The highest BCUT2D eigenvalue weighted by atomic mass is 32.3. The number of carbonyl (C=O) groups is 2. The van der Waals surface area contributed by atoms with Crippen LogP contribution in [0.4, 0.5) is 0 Å². The molecule has 1 spiro atoms. The summed E-state index contributed by atoms with van der Waals surface area (Å²) in [6.07, 6.45) is -19.4. The smallest absolute Gasteiger partial charge is 0.397 e. The molecule has 9 aliphatic rings. The van der Waals surface area contributed by atoms with Gasteiger partial charge in [0.05, 0.1) is 43.4 Å². The molecule has 5 heterocycles. The minimum Gasteiger partial charge on any atom is -0.462 e. The molecule has 450 valence electrons. The van der Waals surface area contributed by atoms with Crippen molar-refractivity contribution in [1.82, 2.24) is 0 Å². The lowest BCUT2D eigenvalue weighted by Crippen LogP contribution is -2.65. The zero-order chi connectivity index (χ0) is 57.7. The van der Waals surface area contributed by atoms with Crippen molar-refractivity contribution in [1.29, 1.82) is 0 Å². The van der Waals surface area contributed by atoms with Gasteiger partial charge in [-0.15, -0.1) is 6.58 Å². The van der Waals surface area contributed by atoms with E-state index in [1.807, 2.05) is 13.8 Å². The molecule has 4 aliphatic carbocycles. The fourth-order valence-corrected chi connectivity index (χ4v) is 16.6. The maximum Gasteiger partial charge on any atom is 0.397 e. The average Bonchev–Trinajstić information content (AvgIpc) is 2.71. The van der Waals surface area contributed by atoms with Crippen LogP contribution in [-0.4, -0.2) is 210 Å². The molecule has 0 unspecified atom stereocenters. The van der Waals surface area contributed by atoms with Crippen molar-refractivity contribution in [3.63, 3.8) is 0 Å². The Morgan fingerprint density at radius 3 is 2.08 bits per heavy atom. The summed E-state index contributed by atoms with van der Waals surface area (Å²) in [5.74, 6) is -0.927. The maximum atomic E-state index is 14.6. The van der Waals surface area contributed by atoms with Crippen molar-refractivity contribution < 1.29 is 115 Å². The molecule has 26 atom stereocenters. The lowest BCUT2D eigenvalue weighted by molar-refractivity contribution is -0.379. The summed E-state index contributed by atoms with van der Waals surface area (Å²) in [7, 11) is -3.86. The monoisotopic (exact) mass is 1150 g/mol. The first-order chi connectivity index (χ1) is 36.9. The number of rotatable bonds is 16. The average molecular weight is 1150 g/mol. The molecule has 0 aromatic rings. The van der Waals surface area contributed by atoms with Crippen molar-refractivity contribution in [3.05, 3.63) is 23.8 Å². The van der Waals surface area contributed by atoms with Gasteiger partial charge < -0.3 is 87.9 Å². The van der Waals surface area contributed by atoms with E-state index in [4.69, 9.17) is 56.3 Å². The minimum atomic E-state index is -5.14. The standard InChI is InChI=1S/C54H84O24S/c1-24(2)12-11-17-53(9)44-30(72-26(4)55)20-52(8)28-13-14-33-50(5,6)34(16-18-51(33,7)27(28)15-19-54(44,52)49(63)77-53)74-48-43(36(58)32(23-70-48)78-79(64,65)66)76-47-39(61)37(59)41(25(3)71-47)75-45-38(60)35(57)31(22-69-45)73-46-40(62)42(67-10)29(56)21-68-46/h13,25,27,29-48,56-62H,1,11-12,14-23H2,2-10H3,(H,64,65,66)/t25-,27-,29-,30+,31-,32-,33+,34+,35+,36+,37-,38-,39-,40-,41-,42+,43-,44-,45+,46+,47+,48+,51-,52+,53+,54-/m1/s1. The molecule has 0 aromatic heterocycles. The number of carbonyl (C=O) groups excluding carboxylic acids is 2. The van der Waals surface area contributed by atoms with Crippen LogP contribution in [0.25, 0.3) is 0 Å². The van der Waals surface area contributed by atoms with Gasteiger partial charge in [-0.3, -0.25) is 14.1 Å². The Kier molecular flexibility index (Phi) is 17.5. The van der Waals surface area contributed by atoms with Crippen molar-refractivity contribution >= 4 is 22.3 Å². The summed E-state index contributed by atoms with van der Waals surface area (Å²) in [5.41, 5.74) is -1.09. The Labute approximate surface area is 461 Å². The number of aliphatic hydroxyl groups excluding tert-OH is 7. The van der Waals surface area contributed by atoms with Crippen molar-refractivity contribution in [2.45, 2.75) is 235 Å². The van der Waals surface area contributed by atoms with E-state index in [0.29, 0.717) is 44.9 Å². The molecule has 3 saturated carbocycles. The number of fused-ring (bicyclic) bond motifs is 4. The molecule has 0 aromatic carbocycles. The van der Waals surface area contributed by atoms with Crippen LogP contribution >= 0.6 is 0 Å². The second kappa shape index (κ2) is 22.6. The number of allylic oxidation sites excluding steroid dienone is 3. The Balaban J connectivity index is 0.895. The van der Waals surface area contributed by atoms with Crippen LogP contribution in [0.1, 0.15) is 113 Å². The lowest BCUT2D eigenvalue weighted by Gasteiger charge is -2.64. The molecule has 9 rings (SSSR count). The van der Waals surface area contributed by atoms with Crippen molar-refractivity contribution in [2.24, 2.45) is 39.4 Å². The van der Waals surface area contributed by atoms with E-state index in [9.17, 15) is 58.3 Å². The Morgan fingerprint density at radius 2 is 1.41 bits per heavy atom. The summed E-state index contributed by atoms with van der Waals surface area (Å²) in [5, 5.41) is 77.7. The molecule has 5 aliphatic heterocycles. The van der Waals surface area contributed by atoms with Crippen LogP contribution in [0.2, 0.25) is 0 Å². The van der Waals surface area contributed by atoms with Crippen LogP contribution < -0.4 is 0 Å². The van der Waals surface area contributed by atoms with Gasteiger partial charge in [0.25, 0.3) is 0 Å². The van der Waals surface area contributed by atoms with Crippen LogP contribution in [-0.2, 0) is 76.3 Å². The second-order valence-corrected chi connectivity index (χ2v) is 26.2. The summed E-state index contributed by atoms with van der Waals surface area (Å²) in [6, 6.07) is 0. The third kappa shape index (κ3) is 10.8. The number of esters is 2. The maximum absolute atomic E-state index is 14.6. The van der Waals surface area contributed by atoms with Gasteiger partial charge in [0.1, 0.15) is 85.0 Å². The van der Waals surface area contributed by atoms with E-state index in [1.165, 1.54) is 26.5 Å². The Hall–Kier alpha value is -2.35. The van der Waals surface area contributed by atoms with Crippen molar-refractivity contribution in [3.8, 4) is 0 Å². The molecular formula is C54H84O24S. The summed E-state index contributed by atoms with van der Waals surface area (Å²) in [4.78, 5) is 27.4. The molecule has 79 heavy (non-hydrogen) atoms. The number of ether oxygens (including phenoxy) is 11. The topological polar surface area (TPSA) is 341 Å². The molecule has 8 fully saturated rings. The van der Waals surface area contributed by atoms with Gasteiger partial charge in [-0.1, -0.05) is 44.9 Å². The first-order valence-electron chi connectivity index (χ1n) is 27.7. The quantitative estimate of drug-likeness (QED) is 0.0613. The number of hydrogen-bond acceptors (Lipinski definition) is 23. The van der Waals surface area contributed by atoms with Crippen LogP contribution in [0, 0.1) is 39.4 Å². The highest BCUT2D eigenvalue weighted by molar-refractivity contribution is 7.80. The predicted octanol–water partition coefficient (Wildman–Crippen LogP) is 1.26. The molecular weight excluding hydrogens is 1060 g/mol. The fraction of sp³-hybridized carbons (Fsp3) is 0.889. The van der Waals surface area contributed by atoms with Crippen molar-refractivity contribution in [2.75, 3.05) is 26.9 Å². The zero-order valence-electron chi connectivity index (χ0n) is 46.5. The fourth-order valence-electron chi connectivity index (χ4n) is 16.1. The van der Waals surface area contributed by atoms with E-state index < -0.39 is 168 Å². The third-order valence-electron chi connectivity index (χ3n) is 19.9. The van der Waals surface area contributed by atoms with Gasteiger partial charge in [0, 0.05) is 19.4 Å². The van der Waals surface area contributed by atoms with Gasteiger partial charge in [-0.25, -0.2) is 4.18 Å².